The molecule has 1 aromatic heterocycles. The minimum absolute atomic E-state index is 0.0409. The van der Waals surface area contributed by atoms with Crippen molar-refractivity contribution in [3.8, 4) is 0 Å². The molecule has 0 radical (unpaired) electrons. The van der Waals surface area contributed by atoms with E-state index < -0.39 is 17.4 Å². The Bertz CT molecular complexity index is 394. The van der Waals surface area contributed by atoms with Gasteiger partial charge >= 0.3 is 6.18 Å². The second-order valence-electron chi connectivity index (χ2n) is 4.82. The van der Waals surface area contributed by atoms with E-state index in [1.807, 2.05) is 0 Å². The van der Waals surface area contributed by atoms with Gasteiger partial charge in [-0.05, 0) is 12.8 Å². The molecule has 2 N–H and O–H groups in total. The summed E-state index contributed by atoms with van der Waals surface area (Å²) in [5.74, 6) is -1.17. The van der Waals surface area contributed by atoms with E-state index in [0.717, 1.165) is 25.7 Å². The number of nitrogens with zero attached hydrogens (tertiary/aromatic N) is 2. The standard InChI is InChI=1S/C11H16F3N3O/c12-11(13,14)8-16-9(18-17-8)10(7-15)5-3-1-2-4-6-10/h1-7,15H2. The van der Waals surface area contributed by atoms with Crippen LogP contribution in [0.25, 0.3) is 0 Å². The largest absolute Gasteiger partial charge is 0.455 e. The number of rotatable bonds is 2. The van der Waals surface area contributed by atoms with Crippen LogP contribution in [0.2, 0.25) is 0 Å². The Morgan fingerprint density at radius 2 is 1.78 bits per heavy atom. The highest BCUT2D eigenvalue weighted by Gasteiger charge is 2.42. The molecule has 18 heavy (non-hydrogen) atoms. The smallest absolute Gasteiger partial charge is 0.338 e. The summed E-state index contributed by atoms with van der Waals surface area (Å²) in [6.07, 6.45) is 0.861. The van der Waals surface area contributed by atoms with Crippen LogP contribution in [0.3, 0.4) is 0 Å². The maximum absolute atomic E-state index is 12.5. The molecule has 2 rings (SSSR count). The number of hydrogen-bond acceptors (Lipinski definition) is 4. The van der Waals surface area contributed by atoms with Gasteiger partial charge in [-0.25, -0.2) is 0 Å². The summed E-state index contributed by atoms with van der Waals surface area (Å²) in [5, 5.41) is 3.02. The van der Waals surface area contributed by atoms with Crippen LogP contribution in [0, 0.1) is 0 Å². The van der Waals surface area contributed by atoms with Gasteiger partial charge < -0.3 is 10.3 Å². The predicted molar refractivity (Wildman–Crippen MR) is 57.7 cm³/mol. The third-order valence-corrected chi connectivity index (χ3v) is 3.58. The van der Waals surface area contributed by atoms with Crippen molar-refractivity contribution >= 4 is 0 Å². The quantitative estimate of drug-likeness (QED) is 0.833. The third-order valence-electron chi connectivity index (χ3n) is 3.58. The van der Waals surface area contributed by atoms with E-state index in [2.05, 4.69) is 10.1 Å². The second kappa shape index (κ2) is 4.87. The van der Waals surface area contributed by atoms with Gasteiger partial charge in [0.05, 0.1) is 5.41 Å². The average molecular weight is 263 g/mol. The molecule has 0 spiro atoms. The molecule has 1 aromatic rings. The van der Waals surface area contributed by atoms with Crippen LogP contribution in [0.15, 0.2) is 4.52 Å². The molecule has 0 atom stereocenters. The van der Waals surface area contributed by atoms with E-state index in [1.165, 1.54) is 0 Å². The molecule has 102 valence electrons. The topological polar surface area (TPSA) is 64.9 Å². The van der Waals surface area contributed by atoms with Gasteiger partial charge in [-0.3, -0.25) is 0 Å². The number of aromatic nitrogens is 2. The molecule has 1 heterocycles. The lowest BCUT2D eigenvalue weighted by molar-refractivity contribution is -0.146. The Kier molecular flexibility index (Phi) is 3.61. The Labute approximate surface area is 103 Å². The van der Waals surface area contributed by atoms with Crippen LogP contribution >= 0.6 is 0 Å². The molecule has 0 bridgehead atoms. The lowest BCUT2D eigenvalue weighted by atomic mass is 9.80. The molecular weight excluding hydrogens is 247 g/mol. The monoisotopic (exact) mass is 263 g/mol. The molecule has 0 aliphatic heterocycles. The second-order valence-corrected chi connectivity index (χ2v) is 4.82. The van der Waals surface area contributed by atoms with Gasteiger partial charge in [0.1, 0.15) is 0 Å². The zero-order valence-corrected chi connectivity index (χ0v) is 9.96. The highest BCUT2D eigenvalue weighted by Crippen LogP contribution is 2.38. The van der Waals surface area contributed by atoms with E-state index >= 15 is 0 Å². The van der Waals surface area contributed by atoms with Crippen molar-refractivity contribution in [3.05, 3.63) is 11.7 Å². The van der Waals surface area contributed by atoms with Crippen molar-refractivity contribution in [1.82, 2.24) is 10.1 Å². The van der Waals surface area contributed by atoms with Gasteiger partial charge in [-0.1, -0.05) is 30.8 Å². The predicted octanol–water partition coefficient (Wildman–Crippen LogP) is 2.64. The summed E-state index contributed by atoms with van der Waals surface area (Å²) in [4.78, 5) is 3.51. The fourth-order valence-corrected chi connectivity index (χ4v) is 2.46. The molecule has 7 heteroatoms. The highest BCUT2D eigenvalue weighted by molar-refractivity contribution is 5.08. The highest BCUT2D eigenvalue weighted by atomic mass is 19.4. The van der Waals surface area contributed by atoms with Crippen molar-refractivity contribution < 1.29 is 17.7 Å². The maximum atomic E-state index is 12.5. The Morgan fingerprint density at radius 1 is 1.17 bits per heavy atom. The number of alkyl halides is 3. The van der Waals surface area contributed by atoms with Gasteiger partial charge in [0, 0.05) is 6.54 Å². The average Bonchev–Trinajstić information content (AvgIpc) is 2.70. The summed E-state index contributed by atoms with van der Waals surface area (Å²) in [6.45, 7) is 0.243. The fraction of sp³-hybridized carbons (Fsp3) is 0.818. The molecule has 1 aliphatic rings. The Hall–Kier alpha value is -1.11. The van der Waals surface area contributed by atoms with Crippen molar-refractivity contribution in [2.45, 2.75) is 50.1 Å². The molecule has 0 aromatic carbocycles. The minimum atomic E-state index is -4.57. The molecule has 1 saturated carbocycles. The van der Waals surface area contributed by atoms with Gasteiger partial charge in [0.15, 0.2) is 0 Å². The molecule has 0 amide bonds. The molecule has 1 aliphatic carbocycles. The molecule has 0 unspecified atom stereocenters. The summed E-state index contributed by atoms with van der Waals surface area (Å²) in [7, 11) is 0. The van der Waals surface area contributed by atoms with Gasteiger partial charge in [0.2, 0.25) is 5.89 Å². The van der Waals surface area contributed by atoms with Crippen LogP contribution in [0.4, 0.5) is 13.2 Å². The number of hydrogen-bond donors (Lipinski definition) is 1. The van der Waals surface area contributed by atoms with Crippen LogP contribution in [-0.2, 0) is 11.6 Å². The van der Waals surface area contributed by atoms with E-state index in [4.69, 9.17) is 10.3 Å². The number of halogens is 3. The first-order valence-electron chi connectivity index (χ1n) is 6.09. The van der Waals surface area contributed by atoms with Gasteiger partial charge in [-0.15, -0.1) is 0 Å². The molecule has 4 nitrogen and oxygen atoms in total. The zero-order chi connectivity index (χ0) is 13.2. The van der Waals surface area contributed by atoms with Crippen LogP contribution in [0.1, 0.15) is 50.2 Å². The van der Waals surface area contributed by atoms with E-state index in [-0.39, 0.29) is 12.4 Å². The molecule has 1 fully saturated rings. The Balaban J connectivity index is 2.29. The first-order chi connectivity index (χ1) is 8.48. The third kappa shape index (κ3) is 2.50. The Morgan fingerprint density at radius 3 is 2.22 bits per heavy atom. The SMILES string of the molecule is NCC1(c2nc(C(F)(F)F)no2)CCCCCC1. The summed E-state index contributed by atoms with van der Waals surface area (Å²) in [6, 6.07) is 0. The van der Waals surface area contributed by atoms with Gasteiger partial charge in [-0.2, -0.15) is 18.2 Å². The van der Waals surface area contributed by atoms with E-state index in [1.54, 1.807) is 0 Å². The van der Waals surface area contributed by atoms with Crippen LogP contribution in [-0.4, -0.2) is 16.7 Å². The zero-order valence-electron chi connectivity index (χ0n) is 9.96. The van der Waals surface area contributed by atoms with Crippen LogP contribution < -0.4 is 5.73 Å². The fourth-order valence-electron chi connectivity index (χ4n) is 2.46. The minimum Gasteiger partial charge on any atom is -0.338 e. The van der Waals surface area contributed by atoms with Crippen molar-refractivity contribution in [1.29, 1.82) is 0 Å². The van der Waals surface area contributed by atoms with E-state index in [0.29, 0.717) is 12.8 Å². The summed E-state index contributed by atoms with van der Waals surface area (Å²) in [5.41, 5.74) is 5.17. The first kappa shape index (κ1) is 13.3. The van der Waals surface area contributed by atoms with Crippen molar-refractivity contribution in [3.63, 3.8) is 0 Å². The molecule has 0 saturated heterocycles. The van der Waals surface area contributed by atoms with Gasteiger partial charge in [0.25, 0.3) is 5.82 Å². The number of nitrogens with two attached hydrogens (primary N) is 1. The molecular formula is C11H16F3N3O. The van der Waals surface area contributed by atoms with Crippen molar-refractivity contribution in [2.75, 3.05) is 6.54 Å². The normalized spacial score (nSPS) is 20.7. The van der Waals surface area contributed by atoms with E-state index in [9.17, 15) is 13.2 Å². The van der Waals surface area contributed by atoms with Crippen molar-refractivity contribution in [2.24, 2.45) is 5.73 Å². The lowest BCUT2D eigenvalue weighted by Gasteiger charge is -2.26. The summed E-state index contributed by atoms with van der Waals surface area (Å²) < 4.78 is 42.2. The lowest BCUT2D eigenvalue weighted by Crippen LogP contribution is -2.35. The first-order valence-corrected chi connectivity index (χ1v) is 6.09. The maximum Gasteiger partial charge on any atom is 0.455 e. The summed E-state index contributed by atoms with van der Waals surface area (Å²) >= 11 is 0. The van der Waals surface area contributed by atoms with Crippen LogP contribution in [0.5, 0.6) is 0 Å².